The molecule has 1 N–H and O–H groups in total. The lowest BCUT2D eigenvalue weighted by atomic mass is 10.2. The molecule has 0 bridgehead atoms. The standard InChI is InChI=1S/C12H18N2OS/c1-9(2)14-7-11(5-12(14)15)13-6-10-3-4-16-8-10/h3-4,8-9,11,13H,5-7H2,1-2H3. The maximum Gasteiger partial charge on any atom is 0.224 e. The molecule has 1 aliphatic heterocycles. The summed E-state index contributed by atoms with van der Waals surface area (Å²) in [5.41, 5.74) is 1.31. The monoisotopic (exact) mass is 238 g/mol. The molecule has 2 rings (SSSR count). The van der Waals surface area contributed by atoms with E-state index in [1.165, 1.54) is 5.56 Å². The van der Waals surface area contributed by atoms with Crippen molar-refractivity contribution in [3.8, 4) is 0 Å². The summed E-state index contributed by atoms with van der Waals surface area (Å²) in [5.74, 6) is 0.276. The molecule has 1 saturated heterocycles. The molecule has 1 fully saturated rings. The topological polar surface area (TPSA) is 32.3 Å². The van der Waals surface area contributed by atoms with Gasteiger partial charge in [-0.15, -0.1) is 0 Å². The minimum absolute atomic E-state index is 0.276. The molecule has 16 heavy (non-hydrogen) atoms. The van der Waals surface area contributed by atoms with Crippen LogP contribution in [0.2, 0.25) is 0 Å². The number of likely N-dealkylation sites (tertiary alicyclic amines) is 1. The van der Waals surface area contributed by atoms with Gasteiger partial charge in [-0.3, -0.25) is 4.79 Å². The molecule has 1 aromatic rings. The first kappa shape index (κ1) is 11.6. The Kier molecular flexibility index (Phi) is 3.61. The number of hydrogen-bond acceptors (Lipinski definition) is 3. The largest absolute Gasteiger partial charge is 0.339 e. The minimum atomic E-state index is 0.276. The fourth-order valence-electron chi connectivity index (χ4n) is 2.02. The van der Waals surface area contributed by atoms with Gasteiger partial charge in [0, 0.05) is 31.6 Å². The molecule has 0 radical (unpaired) electrons. The molecule has 3 nitrogen and oxygen atoms in total. The van der Waals surface area contributed by atoms with Crippen LogP contribution in [0.1, 0.15) is 25.8 Å². The van der Waals surface area contributed by atoms with Crippen LogP contribution in [-0.2, 0) is 11.3 Å². The Labute approximate surface area is 100 Å². The number of carbonyl (C=O) groups excluding carboxylic acids is 1. The zero-order chi connectivity index (χ0) is 11.5. The molecule has 0 spiro atoms. The normalized spacial score (nSPS) is 21.1. The van der Waals surface area contributed by atoms with Crippen molar-refractivity contribution in [3.63, 3.8) is 0 Å². The maximum atomic E-state index is 11.7. The highest BCUT2D eigenvalue weighted by Gasteiger charge is 2.30. The van der Waals surface area contributed by atoms with Crippen molar-refractivity contribution in [3.05, 3.63) is 22.4 Å². The second-order valence-corrected chi connectivity index (χ2v) is 5.33. The van der Waals surface area contributed by atoms with Gasteiger partial charge in [0.15, 0.2) is 0 Å². The maximum absolute atomic E-state index is 11.7. The van der Waals surface area contributed by atoms with Crippen molar-refractivity contribution >= 4 is 17.2 Å². The first-order valence-electron chi connectivity index (χ1n) is 5.70. The molecule has 1 aliphatic rings. The Morgan fingerprint density at radius 1 is 1.62 bits per heavy atom. The van der Waals surface area contributed by atoms with Gasteiger partial charge in [0.25, 0.3) is 0 Å². The van der Waals surface area contributed by atoms with E-state index in [1.54, 1.807) is 11.3 Å². The van der Waals surface area contributed by atoms with Crippen molar-refractivity contribution in [2.24, 2.45) is 0 Å². The molecule has 1 atom stereocenters. The van der Waals surface area contributed by atoms with Crippen molar-refractivity contribution < 1.29 is 4.79 Å². The third-order valence-electron chi connectivity index (χ3n) is 2.96. The van der Waals surface area contributed by atoms with Crippen LogP contribution in [0.25, 0.3) is 0 Å². The Morgan fingerprint density at radius 2 is 2.44 bits per heavy atom. The Hall–Kier alpha value is -0.870. The lowest BCUT2D eigenvalue weighted by Crippen LogP contribution is -2.35. The fourth-order valence-corrected chi connectivity index (χ4v) is 2.69. The summed E-state index contributed by atoms with van der Waals surface area (Å²) in [6.45, 7) is 5.85. The lowest BCUT2D eigenvalue weighted by molar-refractivity contribution is -0.129. The van der Waals surface area contributed by atoms with E-state index in [1.807, 2.05) is 4.90 Å². The number of rotatable bonds is 4. The van der Waals surface area contributed by atoms with Crippen LogP contribution in [0.4, 0.5) is 0 Å². The molecule has 1 amide bonds. The average Bonchev–Trinajstić information content (AvgIpc) is 2.83. The minimum Gasteiger partial charge on any atom is -0.339 e. The van der Waals surface area contributed by atoms with Crippen LogP contribution < -0.4 is 5.32 Å². The van der Waals surface area contributed by atoms with Crippen LogP contribution in [0.5, 0.6) is 0 Å². The molecule has 0 saturated carbocycles. The molecule has 4 heteroatoms. The summed E-state index contributed by atoms with van der Waals surface area (Å²) in [4.78, 5) is 13.6. The molecule has 0 aliphatic carbocycles. The van der Waals surface area contributed by atoms with Crippen LogP contribution >= 0.6 is 11.3 Å². The van der Waals surface area contributed by atoms with E-state index in [0.717, 1.165) is 13.1 Å². The van der Waals surface area contributed by atoms with Crippen LogP contribution in [-0.4, -0.2) is 29.4 Å². The van der Waals surface area contributed by atoms with Gasteiger partial charge in [0.1, 0.15) is 0 Å². The quantitative estimate of drug-likeness (QED) is 0.868. The predicted octanol–water partition coefficient (Wildman–Crippen LogP) is 1.85. The van der Waals surface area contributed by atoms with Gasteiger partial charge in [0.2, 0.25) is 5.91 Å². The van der Waals surface area contributed by atoms with Gasteiger partial charge in [-0.2, -0.15) is 11.3 Å². The Bertz CT molecular complexity index is 348. The number of nitrogens with zero attached hydrogens (tertiary/aromatic N) is 1. The van der Waals surface area contributed by atoms with Crippen molar-refractivity contribution in [2.75, 3.05) is 6.54 Å². The number of hydrogen-bond donors (Lipinski definition) is 1. The van der Waals surface area contributed by atoms with Crippen molar-refractivity contribution in [1.82, 2.24) is 10.2 Å². The summed E-state index contributed by atoms with van der Waals surface area (Å²) in [5, 5.41) is 7.67. The van der Waals surface area contributed by atoms with Crippen molar-refractivity contribution in [1.29, 1.82) is 0 Å². The van der Waals surface area contributed by atoms with E-state index in [4.69, 9.17) is 0 Å². The summed E-state index contributed by atoms with van der Waals surface area (Å²) in [7, 11) is 0. The lowest BCUT2D eigenvalue weighted by Gasteiger charge is -2.21. The number of amides is 1. The fraction of sp³-hybridized carbons (Fsp3) is 0.583. The summed E-state index contributed by atoms with van der Waals surface area (Å²) >= 11 is 1.71. The third-order valence-corrected chi connectivity index (χ3v) is 3.69. The number of carbonyl (C=O) groups is 1. The van der Waals surface area contributed by atoms with E-state index in [2.05, 4.69) is 36.0 Å². The first-order valence-corrected chi connectivity index (χ1v) is 6.65. The zero-order valence-electron chi connectivity index (χ0n) is 9.77. The van der Waals surface area contributed by atoms with Crippen LogP contribution in [0.3, 0.4) is 0 Å². The molecular weight excluding hydrogens is 220 g/mol. The number of nitrogens with one attached hydrogen (secondary N) is 1. The zero-order valence-corrected chi connectivity index (χ0v) is 10.6. The highest BCUT2D eigenvalue weighted by molar-refractivity contribution is 7.07. The molecular formula is C12H18N2OS. The first-order chi connectivity index (χ1) is 7.66. The van der Waals surface area contributed by atoms with Crippen LogP contribution in [0.15, 0.2) is 16.8 Å². The molecule has 1 aromatic heterocycles. The van der Waals surface area contributed by atoms with Gasteiger partial charge in [-0.25, -0.2) is 0 Å². The second kappa shape index (κ2) is 4.97. The van der Waals surface area contributed by atoms with Gasteiger partial charge >= 0.3 is 0 Å². The molecule has 88 valence electrons. The van der Waals surface area contributed by atoms with E-state index < -0.39 is 0 Å². The average molecular weight is 238 g/mol. The third kappa shape index (κ3) is 2.62. The Balaban J connectivity index is 1.82. The second-order valence-electron chi connectivity index (χ2n) is 4.55. The van der Waals surface area contributed by atoms with E-state index in [0.29, 0.717) is 18.5 Å². The highest BCUT2D eigenvalue weighted by atomic mass is 32.1. The summed E-state index contributed by atoms with van der Waals surface area (Å²) in [6.07, 6.45) is 0.641. The van der Waals surface area contributed by atoms with E-state index >= 15 is 0 Å². The smallest absolute Gasteiger partial charge is 0.224 e. The predicted molar refractivity (Wildman–Crippen MR) is 66.4 cm³/mol. The SMILES string of the molecule is CC(C)N1CC(NCc2ccsc2)CC1=O. The highest BCUT2D eigenvalue weighted by Crippen LogP contribution is 2.15. The molecule has 0 aromatic carbocycles. The molecule has 2 heterocycles. The molecule has 1 unspecified atom stereocenters. The van der Waals surface area contributed by atoms with Gasteiger partial charge in [-0.1, -0.05) is 0 Å². The summed E-state index contributed by atoms with van der Waals surface area (Å²) in [6, 6.07) is 2.75. The summed E-state index contributed by atoms with van der Waals surface area (Å²) < 4.78 is 0. The van der Waals surface area contributed by atoms with Crippen molar-refractivity contribution in [2.45, 2.75) is 38.9 Å². The number of thiophene rings is 1. The van der Waals surface area contributed by atoms with E-state index in [9.17, 15) is 4.79 Å². The van der Waals surface area contributed by atoms with Gasteiger partial charge in [0.05, 0.1) is 0 Å². The Morgan fingerprint density at radius 3 is 3.00 bits per heavy atom. The van der Waals surface area contributed by atoms with E-state index in [-0.39, 0.29) is 5.91 Å². The van der Waals surface area contributed by atoms with Crippen LogP contribution in [0, 0.1) is 0 Å². The van der Waals surface area contributed by atoms with Gasteiger partial charge in [-0.05, 0) is 36.2 Å². The van der Waals surface area contributed by atoms with Gasteiger partial charge < -0.3 is 10.2 Å².